The Balaban J connectivity index is 0. The first-order valence-electron chi connectivity index (χ1n) is 3.39. The molecule has 0 aliphatic heterocycles. The summed E-state index contributed by atoms with van der Waals surface area (Å²) in [5, 5.41) is 16.5. The second-order valence-corrected chi connectivity index (χ2v) is 3.05. The molecular weight excluding hydrogens is 216 g/mol. The largest absolute Gasteiger partial charge is 0.478 e. The first-order chi connectivity index (χ1) is 6.18. The van der Waals surface area contributed by atoms with Gasteiger partial charge in [0, 0.05) is 12.2 Å². The molecule has 0 saturated heterocycles. The second kappa shape index (κ2) is 7.44. The van der Waals surface area contributed by atoms with Crippen LogP contribution in [-0.2, 0) is 15.2 Å². The topological polar surface area (TPSA) is 132 Å². The van der Waals surface area contributed by atoms with Gasteiger partial charge in [-0.2, -0.15) is 8.42 Å². The van der Waals surface area contributed by atoms with E-state index in [0.717, 1.165) is 0 Å². The van der Waals surface area contributed by atoms with Crippen molar-refractivity contribution in [3.05, 3.63) is 11.6 Å². The van der Waals surface area contributed by atoms with E-state index in [4.69, 9.17) is 27.7 Å². The summed E-state index contributed by atoms with van der Waals surface area (Å²) in [6.45, 7) is 1.50. The Morgan fingerprint density at radius 2 is 1.71 bits per heavy atom. The summed E-state index contributed by atoms with van der Waals surface area (Å²) in [6.07, 6.45) is 1.90. The summed E-state index contributed by atoms with van der Waals surface area (Å²) in [5.41, 5.74) is 0.282. The third kappa shape index (κ3) is 22.5. The summed E-state index contributed by atoms with van der Waals surface area (Å²) >= 11 is 0. The smallest absolute Gasteiger partial charge is 0.394 e. The fraction of sp³-hybridized carbons (Fsp3) is 0.500. The highest BCUT2D eigenvalue weighted by Gasteiger charge is 1.96. The minimum absolute atomic E-state index is 0.00458. The summed E-state index contributed by atoms with van der Waals surface area (Å²) < 4.78 is 31.6. The molecule has 0 fully saturated rings. The number of aliphatic hydroxyl groups excluding tert-OH is 1. The Morgan fingerprint density at radius 3 is 1.93 bits per heavy atom. The third-order valence-electron chi connectivity index (χ3n) is 0.917. The van der Waals surface area contributed by atoms with Crippen LogP contribution in [0.1, 0.15) is 13.3 Å². The van der Waals surface area contributed by atoms with Gasteiger partial charge >= 0.3 is 16.4 Å². The van der Waals surface area contributed by atoms with Gasteiger partial charge in [0.15, 0.2) is 0 Å². The van der Waals surface area contributed by atoms with Crippen LogP contribution in [0.25, 0.3) is 0 Å². The molecule has 0 aromatic carbocycles. The molecule has 0 saturated carbocycles. The predicted molar refractivity (Wildman–Crippen MR) is 47.3 cm³/mol. The highest BCUT2D eigenvalue weighted by atomic mass is 32.3. The zero-order valence-corrected chi connectivity index (χ0v) is 8.23. The SMILES string of the molecule is CC(=CCCO)C(=O)O.O=S(=O)(O)O. The molecule has 0 heterocycles. The van der Waals surface area contributed by atoms with Crippen molar-refractivity contribution >= 4 is 16.4 Å². The van der Waals surface area contributed by atoms with E-state index in [2.05, 4.69) is 0 Å². The maximum absolute atomic E-state index is 10.1. The third-order valence-corrected chi connectivity index (χ3v) is 0.917. The lowest BCUT2D eigenvalue weighted by molar-refractivity contribution is -0.132. The molecule has 84 valence electrons. The number of aliphatic carboxylic acids is 1. The van der Waals surface area contributed by atoms with Crippen LogP contribution in [0, 0.1) is 0 Å². The quantitative estimate of drug-likeness (QED) is 0.386. The maximum Gasteiger partial charge on any atom is 0.394 e. The zero-order chi connectivity index (χ0) is 11.8. The van der Waals surface area contributed by atoms with E-state index in [-0.39, 0.29) is 12.2 Å². The summed E-state index contributed by atoms with van der Waals surface area (Å²) in [7, 11) is -4.67. The van der Waals surface area contributed by atoms with Crippen molar-refractivity contribution in [2.45, 2.75) is 13.3 Å². The lowest BCUT2D eigenvalue weighted by atomic mass is 10.2. The van der Waals surface area contributed by atoms with Crippen LogP contribution < -0.4 is 0 Å². The first-order valence-corrected chi connectivity index (χ1v) is 4.79. The Kier molecular flexibility index (Phi) is 8.25. The fourth-order valence-electron chi connectivity index (χ4n) is 0.368. The lowest BCUT2D eigenvalue weighted by Gasteiger charge is -1.89. The van der Waals surface area contributed by atoms with Crippen molar-refractivity contribution in [2.24, 2.45) is 0 Å². The highest BCUT2D eigenvalue weighted by molar-refractivity contribution is 7.79. The Labute approximate surface area is 81.3 Å². The second-order valence-electron chi connectivity index (χ2n) is 2.15. The van der Waals surface area contributed by atoms with Crippen LogP contribution in [0.3, 0.4) is 0 Å². The lowest BCUT2D eigenvalue weighted by Crippen LogP contribution is -1.95. The maximum atomic E-state index is 10.1. The molecular formula is C6H12O7S. The molecule has 0 aliphatic carbocycles. The average Bonchev–Trinajstić information content (AvgIpc) is 1.96. The van der Waals surface area contributed by atoms with Crippen LogP contribution in [0.2, 0.25) is 0 Å². The monoisotopic (exact) mass is 228 g/mol. The van der Waals surface area contributed by atoms with Crippen molar-refractivity contribution in [2.75, 3.05) is 6.61 Å². The Hall–Kier alpha value is -0.960. The van der Waals surface area contributed by atoms with Gasteiger partial charge in [-0.05, 0) is 13.3 Å². The van der Waals surface area contributed by atoms with Crippen LogP contribution in [-0.4, -0.2) is 40.3 Å². The van der Waals surface area contributed by atoms with Crippen molar-refractivity contribution in [3.63, 3.8) is 0 Å². The molecule has 0 atom stereocenters. The molecule has 0 amide bonds. The van der Waals surface area contributed by atoms with Crippen LogP contribution >= 0.6 is 0 Å². The fourth-order valence-corrected chi connectivity index (χ4v) is 0.368. The molecule has 0 bridgehead atoms. The standard InChI is InChI=1S/C6H10O3.H2O4S/c1-5(6(8)9)3-2-4-7;1-5(2,3)4/h3,7H,2,4H2,1H3,(H,8,9);(H2,1,2,3,4). The van der Waals surface area contributed by atoms with Crippen molar-refractivity contribution < 1.29 is 32.5 Å². The first kappa shape index (κ1) is 15.5. The van der Waals surface area contributed by atoms with E-state index >= 15 is 0 Å². The molecule has 7 nitrogen and oxygen atoms in total. The van der Waals surface area contributed by atoms with Crippen LogP contribution in [0.15, 0.2) is 11.6 Å². The molecule has 0 aliphatic rings. The average molecular weight is 228 g/mol. The molecule has 4 N–H and O–H groups in total. The van der Waals surface area contributed by atoms with Crippen LogP contribution in [0.5, 0.6) is 0 Å². The summed E-state index contributed by atoms with van der Waals surface area (Å²) in [6, 6.07) is 0. The molecule has 0 spiro atoms. The van der Waals surface area contributed by atoms with Crippen LogP contribution in [0.4, 0.5) is 0 Å². The van der Waals surface area contributed by atoms with Gasteiger partial charge < -0.3 is 10.2 Å². The minimum atomic E-state index is -4.67. The molecule has 0 rings (SSSR count). The van der Waals surface area contributed by atoms with Gasteiger partial charge in [-0.15, -0.1) is 0 Å². The Morgan fingerprint density at radius 1 is 1.36 bits per heavy atom. The number of aliphatic hydroxyl groups is 1. The normalized spacial score (nSPS) is 11.6. The molecule has 0 unspecified atom stereocenters. The number of carbonyl (C=O) groups is 1. The van der Waals surface area contributed by atoms with Gasteiger partial charge in [-0.1, -0.05) is 6.08 Å². The molecule has 0 aromatic rings. The van der Waals surface area contributed by atoms with Crippen molar-refractivity contribution in [3.8, 4) is 0 Å². The highest BCUT2D eigenvalue weighted by Crippen LogP contribution is 1.93. The summed E-state index contributed by atoms with van der Waals surface area (Å²) in [4.78, 5) is 10.1. The van der Waals surface area contributed by atoms with E-state index in [1.54, 1.807) is 0 Å². The minimum Gasteiger partial charge on any atom is -0.478 e. The molecule has 0 aromatic heterocycles. The number of carboxylic acid groups (broad SMARTS) is 1. The Bertz CT molecular complexity index is 281. The van der Waals surface area contributed by atoms with Crippen molar-refractivity contribution in [1.29, 1.82) is 0 Å². The molecule has 14 heavy (non-hydrogen) atoms. The van der Waals surface area contributed by atoms with Gasteiger partial charge in [0.2, 0.25) is 0 Å². The molecule has 8 heteroatoms. The van der Waals surface area contributed by atoms with E-state index in [9.17, 15) is 4.79 Å². The van der Waals surface area contributed by atoms with E-state index in [1.165, 1.54) is 13.0 Å². The van der Waals surface area contributed by atoms with Gasteiger partial charge in [0.05, 0.1) is 0 Å². The number of carboxylic acids is 1. The van der Waals surface area contributed by atoms with E-state index in [0.29, 0.717) is 6.42 Å². The van der Waals surface area contributed by atoms with Gasteiger partial charge in [0.25, 0.3) is 0 Å². The van der Waals surface area contributed by atoms with Crippen molar-refractivity contribution in [1.82, 2.24) is 0 Å². The van der Waals surface area contributed by atoms with E-state index < -0.39 is 16.4 Å². The number of hydrogen-bond acceptors (Lipinski definition) is 4. The van der Waals surface area contributed by atoms with E-state index in [1.807, 2.05) is 0 Å². The number of hydrogen-bond donors (Lipinski definition) is 4. The van der Waals surface area contributed by atoms with Gasteiger partial charge in [-0.25, -0.2) is 4.79 Å². The molecule has 0 radical (unpaired) electrons. The zero-order valence-electron chi connectivity index (χ0n) is 7.41. The summed E-state index contributed by atoms with van der Waals surface area (Å²) in [5.74, 6) is -0.927. The predicted octanol–water partition coefficient (Wildman–Crippen LogP) is -0.253. The number of rotatable bonds is 3. The van der Waals surface area contributed by atoms with Gasteiger partial charge in [-0.3, -0.25) is 9.11 Å². The van der Waals surface area contributed by atoms with Gasteiger partial charge in [0.1, 0.15) is 0 Å².